The molecule has 2 aromatic carbocycles. The summed E-state index contributed by atoms with van der Waals surface area (Å²) in [4.78, 5) is 21.6. The molecular formula is C29H28F3N7O2S. The van der Waals surface area contributed by atoms with Crippen LogP contribution in [0.5, 0.6) is 11.5 Å². The van der Waals surface area contributed by atoms with Gasteiger partial charge in [0.05, 0.1) is 35.9 Å². The topological polar surface area (TPSA) is 110 Å². The number of hydrogen-bond acceptors (Lipinski definition) is 9. The third-order valence-electron chi connectivity index (χ3n) is 7.49. The van der Waals surface area contributed by atoms with Crippen molar-refractivity contribution in [1.29, 1.82) is 0 Å². The Hall–Kier alpha value is -4.07. The average molecular weight is 596 g/mol. The van der Waals surface area contributed by atoms with E-state index < -0.39 is 17.6 Å². The molecule has 1 amide bonds. The van der Waals surface area contributed by atoms with Crippen LogP contribution in [-0.4, -0.2) is 64.3 Å². The van der Waals surface area contributed by atoms with E-state index in [0.29, 0.717) is 30.3 Å². The number of hydrogen-bond donors (Lipinski definition) is 2. The van der Waals surface area contributed by atoms with Crippen LogP contribution in [0.1, 0.15) is 17.7 Å². The summed E-state index contributed by atoms with van der Waals surface area (Å²) in [5.74, 6) is -0.547. The van der Waals surface area contributed by atoms with E-state index in [1.807, 2.05) is 0 Å². The van der Waals surface area contributed by atoms with Gasteiger partial charge in [-0.05, 0) is 36.8 Å². The maximum absolute atomic E-state index is 14.9. The fourth-order valence-electron chi connectivity index (χ4n) is 5.52. The second-order valence-corrected chi connectivity index (χ2v) is 11.1. The number of alkyl halides is 3. The largest absolute Gasteiger partial charge is 0.457 e. The number of rotatable bonds is 7. The minimum Gasteiger partial charge on any atom is -0.457 e. The number of anilines is 2. The molecule has 2 atom stereocenters. The van der Waals surface area contributed by atoms with Crippen molar-refractivity contribution < 1.29 is 22.7 Å². The molecule has 0 saturated carbocycles. The van der Waals surface area contributed by atoms with Crippen molar-refractivity contribution in [1.82, 2.24) is 20.1 Å². The number of nitrogens with zero attached hydrogens (tertiary/aromatic N) is 5. The Balaban J connectivity index is 1.34. The van der Waals surface area contributed by atoms with Crippen LogP contribution in [0, 0.1) is 0 Å². The molecule has 3 N–H and O–H groups in total. The summed E-state index contributed by atoms with van der Waals surface area (Å²) in [6.45, 7) is 2.03. The number of halogens is 3. The molecule has 42 heavy (non-hydrogen) atoms. The van der Waals surface area contributed by atoms with E-state index >= 15 is 0 Å². The number of amides is 1. The van der Waals surface area contributed by atoms with E-state index in [9.17, 15) is 18.0 Å². The number of piperazine rings is 1. The first-order valence-electron chi connectivity index (χ1n) is 13.5. The number of fused-ring (bicyclic) bond motifs is 1. The molecule has 0 unspecified atom stereocenters. The Bertz CT molecular complexity index is 1550. The van der Waals surface area contributed by atoms with Crippen molar-refractivity contribution in [2.45, 2.75) is 31.1 Å². The minimum absolute atomic E-state index is 0.0570. The van der Waals surface area contributed by atoms with Crippen molar-refractivity contribution in [2.75, 3.05) is 36.4 Å². The van der Waals surface area contributed by atoms with Gasteiger partial charge in [-0.3, -0.25) is 9.69 Å². The number of ether oxygens (including phenoxy) is 1. The normalized spacial score (nSPS) is 19.0. The van der Waals surface area contributed by atoms with E-state index in [1.165, 1.54) is 23.5 Å². The first-order chi connectivity index (χ1) is 20.3. The molecule has 2 saturated heterocycles. The SMILES string of the molecule is N[C@@H]1CCN2CCN(c3c(NC(=O)Cc4csc(-c5ccnnc5)n4)ccc(Oc4ccccc4)c3C(F)(F)F)C[C@@H]12. The molecule has 6 rings (SSSR count). The summed E-state index contributed by atoms with van der Waals surface area (Å²) in [6, 6.07) is 12.6. The molecule has 2 aliphatic heterocycles. The number of para-hydroxylation sites is 1. The lowest BCUT2D eigenvalue weighted by molar-refractivity contribution is -0.138. The molecule has 2 aromatic heterocycles. The van der Waals surface area contributed by atoms with Crippen LogP contribution in [0.15, 0.2) is 66.3 Å². The molecule has 2 aliphatic rings. The van der Waals surface area contributed by atoms with Gasteiger partial charge in [0.1, 0.15) is 22.1 Å². The van der Waals surface area contributed by atoms with Gasteiger partial charge < -0.3 is 20.7 Å². The zero-order valence-corrected chi connectivity index (χ0v) is 23.2. The summed E-state index contributed by atoms with van der Waals surface area (Å²) in [6.07, 6.45) is -0.970. The smallest absolute Gasteiger partial charge is 0.422 e. The summed E-state index contributed by atoms with van der Waals surface area (Å²) in [5.41, 5.74) is 6.59. The third-order valence-corrected chi connectivity index (χ3v) is 8.43. The van der Waals surface area contributed by atoms with E-state index in [0.717, 1.165) is 18.5 Å². The number of carbonyl (C=O) groups excluding carboxylic acids is 1. The second-order valence-electron chi connectivity index (χ2n) is 10.2. The minimum atomic E-state index is -4.77. The maximum Gasteiger partial charge on any atom is 0.422 e. The van der Waals surface area contributed by atoms with Gasteiger partial charge in [0, 0.05) is 49.2 Å². The van der Waals surface area contributed by atoms with E-state index in [1.54, 1.807) is 59.1 Å². The number of aromatic nitrogens is 3. The van der Waals surface area contributed by atoms with Crippen molar-refractivity contribution in [2.24, 2.45) is 5.73 Å². The molecule has 4 aromatic rings. The molecule has 9 nitrogen and oxygen atoms in total. The number of carbonyl (C=O) groups is 1. The molecule has 0 aliphatic carbocycles. The lowest BCUT2D eigenvalue weighted by Crippen LogP contribution is -2.55. The summed E-state index contributed by atoms with van der Waals surface area (Å²) in [7, 11) is 0. The number of benzene rings is 2. The molecule has 0 radical (unpaired) electrons. The Morgan fingerprint density at radius 3 is 2.69 bits per heavy atom. The average Bonchev–Trinajstić information content (AvgIpc) is 3.60. The molecule has 2 fully saturated rings. The van der Waals surface area contributed by atoms with Gasteiger partial charge in [-0.25, -0.2) is 4.98 Å². The molecule has 0 spiro atoms. The highest BCUT2D eigenvalue weighted by atomic mass is 32.1. The first-order valence-corrected chi connectivity index (χ1v) is 14.4. The highest BCUT2D eigenvalue weighted by molar-refractivity contribution is 7.13. The molecule has 4 heterocycles. The molecule has 0 bridgehead atoms. The van der Waals surface area contributed by atoms with Crippen LogP contribution in [0.4, 0.5) is 24.5 Å². The van der Waals surface area contributed by atoms with Crippen LogP contribution in [0.2, 0.25) is 0 Å². The zero-order chi connectivity index (χ0) is 29.3. The first kappa shape index (κ1) is 28.1. The van der Waals surface area contributed by atoms with Crippen LogP contribution in [0.3, 0.4) is 0 Å². The highest BCUT2D eigenvalue weighted by Crippen LogP contribution is 2.48. The van der Waals surface area contributed by atoms with Gasteiger partial charge in [0.15, 0.2) is 0 Å². The van der Waals surface area contributed by atoms with Gasteiger partial charge in [0.2, 0.25) is 5.91 Å². The predicted molar refractivity (Wildman–Crippen MR) is 154 cm³/mol. The monoisotopic (exact) mass is 595 g/mol. The van der Waals surface area contributed by atoms with Crippen LogP contribution >= 0.6 is 11.3 Å². The van der Waals surface area contributed by atoms with E-state index in [4.69, 9.17) is 10.5 Å². The quantitative estimate of drug-likeness (QED) is 0.313. The van der Waals surface area contributed by atoms with E-state index in [2.05, 4.69) is 25.4 Å². The fraction of sp³-hybridized carbons (Fsp3) is 0.310. The van der Waals surface area contributed by atoms with Gasteiger partial charge in [-0.1, -0.05) is 18.2 Å². The molecule has 218 valence electrons. The lowest BCUT2D eigenvalue weighted by Gasteiger charge is -2.41. The standard InChI is InChI=1S/C29H28F3N7O2S/c30-29(31,32)26-24(41-20-4-2-1-3-5-20)7-6-22(27(26)39-13-12-38-11-9-21(33)23(38)16-39)37-25(40)14-19-17-42-28(36-19)18-8-10-34-35-15-18/h1-8,10,15,17,21,23H,9,11-14,16,33H2,(H,37,40)/t21-,23+/m1/s1. The van der Waals surface area contributed by atoms with Gasteiger partial charge in [0.25, 0.3) is 0 Å². The van der Waals surface area contributed by atoms with Crippen molar-refractivity contribution in [3.8, 4) is 22.1 Å². The van der Waals surface area contributed by atoms with Crippen molar-refractivity contribution in [3.63, 3.8) is 0 Å². The molecular weight excluding hydrogens is 567 g/mol. The van der Waals surface area contributed by atoms with Crippen molar-refractivity contribution >= 4 is 28.6 Å². The lowest BCUT2D eigenvalue weighted by atomic mass is 10.0. The van der Waals surface area contributed by atoms with Crippen LogP contribution in [-0.2, 0) is 17.4 Å². The number of thiazole rings is 1. The van der Waals surface area contributed by atoms with Crippen molar-refractivity contribution in [3.05, 3.63) is 77.6 Å². The van der Waals surface area contributed by atoms with E-state index in [-0.39, 0.29) is 41.4 Å². The Labute approximate surface area is 244 Å². The predicted octanol–water partition coefficient (Wildman–Crippen LogP) is 4.81. The van der Waals surface area contributed by atoms with Gasteiger partial charge in [-0.15, -0.1) is 11.3 Å². The zero-order valence-electron chi connectivity index (χ0n) is 22.4. The summed E-state index contributed by atoms with van der Waals surface area (Å²) >= 11 is 1.35. The van der Waals surface area contributed by atoms with Gasteiger partial charge >= 0.3 is 6.18 Å². The second kappa shape index (κ2) is 11.7. The van der Waals surface area contributed by atoms with Gasteiger partial charge in [-0.2, -0.15) is 23.4 Å². The number of nitrogens with one attached hydrogen (secondary N) is 1. The third kappa shape index (κ3) is 5.94. The Kier molecular flexibility index (Phi) is 7.80. The van der Waals surface area contributed by atoms with Crippen LogP contribution in [0.25, 0.3) is 10.6 Å². The summed E-state index contributed by atoms with van der Waals surface area (Å²) < 4.78 is 50.4. The highest BCUT2D eigenvalue weighted by Gasteiger charge is 2.43. The fourth-order valence-corrected chi connectivity index (χ4v) is 6.33. The summed E-state index contributed by atoms with van der Waals surface area (Å²) in [5, 5.41) is 12.8. The Morgan fingerprint density at radius 2 is 1.93 bits per heavy atom. The number of nitrogens with two attached hydrogens (primary N) is 1. The van der Waals surface area contributed by atoms with Crippen LogP contribution < -0.4 is 20.7 Å². The Morgan fingerprint density at radius 1 is 1.10 bits per heavy atom. The maximum atomic E-state index is 14.9. The molecule has 13 heteroatoms.